The highest BCUT2D eigenvalue weighted by molar-refractivity contribution is 5.43. The lowest BCUT2D eigenvalue weighted by molar-refractivity contribution is -0.384. The van der Waals surface area contributed by atoms with Crippen LogP contribution in [0, 0.1) is 10.1 Å². The largest absolute Gasteiger partial charge is 0.301 e. The molecule has 3 rings (SSSR count). The monoisotopic (exact) mass is 289 g/mol. The summed E-state index contributed by atoms with van der Waals surface area (Å²) in [5.41, 5.74) is 2.73. The summed E-state index contributed by atoms with van der Waals surface area (Å²) in [7, 11) is 0. The second kappa shape index (κ2) is 6.12. The predicted octanol–water partition coefficient (Wildman–Crippen LogP) is 2.61. The molecule has 114 valence electrons. The van der Waals surface area contributed by atoms with Crippen LogP contribution < -0.4 is 0 Å². The Morgan fingerprint density at radius 1 is 1.19 bits per heavy atom. The molecule has 21 heavy (non-hydrogen) atoms. The van der Waals surface area contributed by atoms with Gasteiger partial charge in [-0.05, 0) is 36.4 Å². The van der Waals surface area contributed by atoms with E-state index in [1.807, 2.05) is 6.07 Å². The highest BCUT2D eigenvalue weighted by atomic mass is 16.6. The number of nitrogens with zero attached hydrogens (tertiary/aromatic N) is 3. The molecule has 5 nitrogen and oxygen atoms in total. The fraction of sp³-hybridized carbons (Fsp3) is 0.625. The SMILES string of the molecule is CCN1CCN(Cc2ccc([N+](=O)[O-])cc2C2CC2)CC1. The molecule has 0 unspecified atom stereocenters. The topological polar surface area (TPSA) is 49.6 Å². The molecule has 1 saturated heterocycles. The molecule has 1 aliphatic carbocycles. The van der Waals surface area contributed by atoms with E-state index in [-0.39, 0.29) is 10.6 Å². The number of piperazine rings is 1. The van der Waals surface area contributed by atoms with E-state index in [1.54, 1.807) is 12.1 Å². The van der Waals surface area contributed by atoms with Gasteiger partial charge in [0, 0.05) is 44.9 Å². The van der Waals surface area contributed by atoms with Crippen LogP contribution in [-0.4, -0.2) is 47.4 Å². The second-order valence-electron chi connectivity index (χ2n) is 6.12. The maximum absolute atomic E-state index is 11.0. The summed E-state index contributed by atoms with van der Waals surface area (Å²) in [5, 5.41) is 11.0. The van der Waals surface area contributed by atoms with Crippen LogP contribution in [0.5, 0.6) is 0 Å². The van der Waals surface area contributed by atoms with E-state index in [1.165, 1.54) is 24.0 Å². The number of nitro groups is 1. The van der Waals surface area contributed by atoms with Gasteiger partial charge in [0.25, 0.3) is 5.69 Å². The molecule has 0 atom stereocenters. The van der Waals surface area contributed by atoms with E-state index >= 15 is 0 Å². The fourth-order valence-corrected chi connectivity index (χ4v) is 3.12. The van der Waals surface area contributed by atoms with Gasteiger partial charge in [-0.3, -0.25) is 15.0 Å². The average Bonchev–Trinajstić information content (AvgIpc) is 3.33. The van der Waals surface area contributed by atoms with Crippen molar-refractivity contribution in [1.29, 1.82) is 0 Å². The number of benzene rings is 1. The van der Waals surface area contributed by atoms with Gasteiger partial charge in [0.1, 0.15) is 0 Å². The molecule has 1 saturated carbocycles. The first kappa shape index (κ1) is 14.5. The van der Waals surface area contributed by atoms with Crippen molar-refractivity contribution in [2.45, 2.75) is 32.2 Å². The Hall–Kier alpha value is -1.46. The Morgan fingerprint density at radius 2 is 1.86 bits per heavy atom. The van der Waals surface area contributed by atoms with Gasteiger partial charge in [0.05, 0.1) is 4.92 Å². The smallest absolute Gasteiger partial charge is 0.269 e. The molecule has 1 aromatic rings. The van der Waals surface area contributed by atoms with E-state index in [2.05, 4.69) is 16.7 Å². The Bertz CT molecular complexity index is 520. The Balaban J connectivity index is 1.71. The van der Waals surface area contributed by atoms with Crippen molar-refractivity contribution in [3.8, 4) is 0 Å². The van der Waals surface area contributed by atoms with Crippen molar-refractivity contribution in [3.05, 3.63) is 39.4 Å². The zero-order valence-electron chi connectivity index (χ0n) is 12.6. The van der Waals surface area contributed by atoms with Crippen molar-refractivity contribution in [2.24, 2.45) is 0 Å². The molecular formula is C16H23N3O2. The Labute approximate surface area is 125 Å². The molecule has 2 aliphatic rings. The lowest BCUT2D eigenvalue weighted by Gasteiger charge is -2.34. The van der Waals surface area contributed by atoms with Gasteiger partial charge in [-0.2, -0.15) is 0 Å². The summed E-state index contributed by atoms with van der Waals surface area (Å²) < 4.78 is 0. The number of likely N-dealkylation sites (N-methyl/N-ethyl adjacent to an activating group) is 1. The highest BCUT2D eigenvalue weighted by Crippen LogP contribution is 2.43. The molecule has 0 amide bonds. The quantitative estimate of drug-likeness (QED) is 0.617. The molecule has 0 bridgehead atoms. The van der Waals surface area contributed by atoms with Crippen molar-refractivity contribution in [2.75, 3.05) is 32.7 Å². The van der Waals surface area contributed by atoms with Crippen molar-refractivity contribution in [3.63, 3.8) is 0 Å². The first-order valence-electron chi connectivity index (χ1n) is 7.89. The summed E-state index contributed by atoms with van der Waals surface area (Å²) in [4.78, 5) is 15.6. The number of non-ortho nitro benzene ring substituents is 1. The van der Waals surface area contributed by atoms with Gasteiger partial charge < -0.3 is 4.90 Å². The number of nitro benzene ring substituents is 1. The molecule has 1 heterocycles. The van der Waals surface area contributed by atoms with E-state index in [0.29, 0.717) is 5.92 Å². The summed E-state index contributed by atoms with van der Waals surface area (Å²) in [5.74, 6) is 0.553. The molecule has 5 heteroatoms. The average molecular weight is 289 g/mol. The molecule has 0 radical (unpaired) electrons. The maximum Gasteiger partial charge on any atom is 0.269 e. The van der Waals surface area contributed by atoms with Crippen LogP contribution in [0.1, 0.15) is 36.8 Å². The number of hydrogen-bond donors (Lipinski definition) is 0. The number of hydrogen-bond acceptors (Lipinski definition) is 4. The van der Waals surface area contributed by atoms with Crippen LogP contribution in [0.3, 0.4) is 0 Å². The van der Waals surface area contributed by atoms with E-state index in [9.17, 15) is 10.1 Å². The van der Waals surface area contributed by atoms with Crippen LogP contribution >= 0.6 is 0 Å². The molecule has 0 N–H and O–H groups in total. The summed E-state index contributed by atoms with van der Waals surface area (Å²) in [6, 6.07) is 5.43. The first-order valence-corrected chi connectivity index (χ1v) is 7.89. The highest BCUT2D eigenvalue weighted by Gasteiger charge is 2.28. The third-order valence-electron chi connectivity index (χ3n) is 4.66. The van der Waals surface area contributed by atoms with E-state index < -0.39 is 0 Å². The third-order valence-corrected chi connectivity index (χ3v) is 4.66. The third kappa shape index (κ3) is 3.41. The molecule has 1 aliphatic heterocycles. The molecule has 1 aromatic carbocycles. The van der Waals surface area contributed by atoms with Crippen molar-refractivity contribution in [1.82, 2.24) is 9.80 Å². The minimum absolute atomic E-state index is 0.233. The Morgan fingerprint density at radius 3 is 2.43 bits per heavy atom. The summed E-state index contributed by atoms with van der Waals surface area (Å²) in [6.07, 6.45) is 2.36. The molecule has 2 fully saturated rings. The fourth-order valence-electron chi connectivity index (χ4n) is 3.12. The molecule has 0 spiro atoms. The first-order chi connectivity index (χ1) is 10.2. The zero-order chi connectivity index (χ0) is 14.8. The lowest BCUT2D eigenvalue weighted by atomic mass is 10.0. The van der Waals surface area contributed by atoms with E-state index in [0.717, 1.165) is 39.3 Å². The molecular weight excluding hydrogens is 266 g/mol. The molecule has 0 aromatic heterocycles. The van der Waals surface area contributed by atoms with E-state index in [4.69, 9.17) is 0 Å². The van der Waals surface area contributed by atoms with Gasteiger partial charge in [-0.1, -0.05) is 13.0 Å². The van der Waals surface area contributed by atoms with Gasteiger partial charge in [0.15, 0.2) is 0 Å². The van der Waals surface area contributed by atoms with Crippen molar-refractivity contribution < 1.29 is 4.92 Å². The van der Waals surface area contributed by atoms with Crippen LogP contribution in [-0.2, 0) is 6.54 Å². The standard InChI is InChI=1S/C16H23N3O2/c1-2-17-7-9-18(10-8-17)12-14-5-6-15(19(20)21)11-16(14)13-3-4-13/h5-6,11,13H,2-4,7-10,12H2,1H3. The van der Waals surface area contributed by atoms with Crippen molar-refractivity contribution >= 4 is 5.69 Å². The van der Waals surface area contributed by atoms with Crippen LogP contribution in [0.15, 0.2) is 18.2 Å². The minimum Gasteiger partial charge on any atom is -0.301 e. The van der Waals surface area contributed by atoms with Gasteiger partial charge in [0.2, 0.25) is 0 Å². The Kier molecular flexibility index (Phi) is 4.22. The lowest BCUT2D eigenvalue weighted by Crippen LogP contribution is -2.45. The van der Waals surface area contributed by atoms with Gasteiger partial charge >= 0.3 is 0 Å². The van der Waals surface area contributed by atoms with Crippen LogP contribution in [0.2, 0.25) is 0 Å². The predicted molar refractivity (Wildman–Crippen MR) is 82.5 cm³/mol. The zero-order valence-corrected chi connectivity index (χ0v) is 12.6. The van der Waals surface area contributed by atoms with Crippen LogP contribution in [0.25, 0.3) is 0 Å². The van der Waals surface area contributed by atoms with Crippen LogP contribution in [0.4, 0.5) is 5.69 Å². The second-order valence-corrected chi connectivity index (χ2v) is 6.12. The summed E-state index contributed by atoms with van der Waals surface area (Å²) >= 11 is 0. The number of rotatable bonds is 5. The van der Waals surface area contributed by atoms with Gasteiger partial charge in [-0.25, -0.2) is 0 Å². The van der Waals surface area contributed by atoms with Gasteiger partial charge in [-0.15, -0.1) is 0 Å². The normalized spacial score (nSPS) is 20.6. The maximum atomic E-state index is 11.0. The summed E-state index contributed by atoms with van der Waals surface area (Å²) in [6.45, 7) is 8.70. The minimum atomic E-state index is -0.282.